The molecule has 0 radical (unpaired) electrons. The largest absolute Gasteiger partial charge is 0.478 e. The third-order valence-electron chi connectivity index (χ3n) is 8.95. The molecule has 0 aliphatic carbocycles. The van der Waals surface area contributed by atoms with Crippen molar-refractivity contribution in [3.05, 3.63) is 128 Å². The monoisotopic (exact) mass is 784 g/mol. The van der Waals surface area contributed by atoms with Crippen LogP contribution in [0.2, 0.25) is 0 Å². The lowest BCUT2D eigenvalue weighted by molar-refractivity contribution is 0.0238. The van der Waals surface area contributed by atoms with Crippen LogP contribution in [0.15, 0.2) is 84.2 Å². The highest BCUT2D eigenvalue weighted by Gasteiger charge is 2.25. The molecule has 10 nitrogen and oxygen atoms in total. The molecule has 1 aromatic heterocycles. The van der Waals surface area contributed by atoms with Gasteiger partial charge in [-0.3, -0.25) is 9.59 Å². The highest BCUT2D eigenvalue weighted by molar-refractivity contribution is 7.09. The molecule has 0 unspecified atom stereocenters. The van der Waals surface area contributed by atoms with Crippen molar-refractivity contribution in [2.45, 2.75) is 92.3 Å². The van der Waals surface area contributed by atoms with Crippen molar-refractivity contribution in [3.63, 3.8) is 0 Å². The predicted molar refractivity (Wildman–Crippen MR) is 226 cm³/mol. The lowest BCUT2D eigenvalue weighted by Crippen LogP contribution is -2.45. The first-order valence-corrected chi connectivity index (χ1v) is 20.6. The van der Waals surface area contributed by atoms with Crippen LogP contribution in [0, 0.1) is 13.8 Å². The second-order valence-corrected chi connectivity index (χ2v) is 15.1. The van der Waals surface area contributed by atoms with Crippen molar-refractivity contribution in [3.8, 4) is 0 Å². The van der Waals surface area contributed by atoms with Gasteiger partial charge in [0.25, 0.3) is 11.8 Å². The standard InChI is InChI=1S/C30H39N3O3S.C15H21NO3/c1-4-13-33(14-5-2)29(34)24-16-22(3)17-25(18-24)30(35)36-28(27(31)19-26-12-9-15-37-26)21-32-20-23-10-7-6-8-11-23;1-4-6-16(7-5-2)14(17)12-8-11(3)9-13(10-12)15(18)19/h6-12,15-18,27-28,32H,4-5,13-14,19-21,31H2,1-3H3;8-10H,4-7H2,1-3H3,(H,18,19)/t27-,28+;/m0./s1. The second kappa shape index (κ2) is 23.9. The molecule has 1 heterocycles. The van der Waals surface area contributed by atoms with Crippen LogP contribution in [0.5, 0.6) is 0 Å². The number of carboxylic acids is 1. The molecule has 2 amide bonds. The summed E-state index contributed by atoms with van der Waals surface area (Å²) in [6.45, 7) is 15.7. The van der Waals surface area contributed by atoms with Gasteiger partial charge >= 0.3 is 11.9 Å². The van der Waals surface area contributed by atoms with Gasteiger partial charge < -0.3 is 30.7 Å². The minimum absolute atomic E-state index is 0.0584. The van der Waals surface area contributed by atoms with E-state index < -0.39 is 18.0 Å². The van der Waals surface area contributed by atoms with Crippen molar-refractivity contribution >= 4 is 35.1 Å². The summed E-state index contributed by atoms with van der Waals surface area (Å²) in [6, 6.07) is 23.7. The van der Waals surface area contributed by atoms with E-state index in [-0.39, 0.29) is 23.4 Å². The Bertz CT molecular complexity index is 1820. The number of carboxylic acid groups (broad SMARTS) is 1. The molecule has 0 bridgehead atoms. The number of nitrogens with two attached hydrogens (primary N) is 1. The average Bonchev–Trinajstić information content (AvgIpc) is 3.70. The Hall–Kier alpha value is -4.84. The van der Waals surface area contributed by atoms with E-state index in [1.165, 1.54) is 6.07 Å². The van der Waals surface area contributed by atoms with Gasteiger partial charge in [0.15, 0.2) is 0 Å². The van der Waals surface area contributed by atoms with Gasteiger partial charge in [0.1, 0.15) is 6.10 Å². The van der Waals surface area contributed by atoms with Crippen LogP contribution in [0.25, 0.3) is 0 Å². The van der Waals surface area contributed by atoms with Gasteiger partial charge in [0.2, 0.25) is 0 Å². The number of rotatable bonds is 20. The van der Waals surface area contributed by atoms with Crippen molar-refractivity contribution < 1.29 is 29.0 Å². The van der Waals surface area contributed by atoms with Crippen LogP contribution in [0.3, 0.4) is 0 Å². The number of ether oxygens (including phenoxy) is 1. The minimum atomic E-state index is -1.00. The SMILES string of the molecule is CCCN(CCC)C(=O)c1cc(C)cc(C(=O)O)c1.CCCN(CCC)C(=O)c1cc(C)cc(C(=O)O[C@H](CNCc2ccccc2)[C@@H](N)Cc2cccs2)c1. The molecule has 0 aliphatic rings. The lowest BCUT2D eigenvalue weighted by atomic mass is 10.0. The van der Waals surface area contributed by atoms with Crippen LogP contribution in [-0.4, -0.2) is 83.5 Å². The molecule has 0 aliphatic heterocycles. The fourth-order valence-electron chi connectivity index (χ4n) is 6.36. The number of hydrogen-bond acceptors (Lipinski definition) is 8. The van der Waals surface area contributed by atoms with Crippen LogP contribution in [-0.2, 0) is 17.7 Å². The number of esters is 1. The summed E-state index contributed by atoms with van der Waals surface area (Å²) in [5.41, 5.74) is 10.8. The number of hydrogen-bond donors (Lipinski definition) is 3. The molecule has 0 saturated carbocycles. The highest BCUT2D eigenvalue weighted by Crippen LogP contribution is 2.18. The van der Waals surface area contributed by atoms with Crippen molar-refractivity contribution in [2.75, 3.05) is 32.7 Å². The molecule has 0 saturated heterocycles. The van der Waals surface area contributed by atoms with Gasteiger partial charge in [0, 0.05) is 67.7 Å². The van der Waals surface area contributed by atoms with Crippen LogP contribution in [0.4, 0.5) is 0 Å². The molecule has 0 fully saturated rings. The normalized spacial score (nSPS) is 11.8. The van der Waals surface area contributed by atoms with E-state index in [0.717, 1.165) is 47.3 Å². The van der Waals surface area contributed by atoms with E-state index in [1.54, 1.807) is 47.4 Å². The molecule has 3 aromatic carbocycles. The molecule has 4 aromatic rings. The van der Waals surface area contributed by atoms with Crippen LogP contribution in [0.1, 0.15) is 116 Å². The van der Waals surface area contributed by atoms with Crippen molar-refractivity contribution in [1.29, 1.82) is 0 Å². The van der Waals surface area contributed by atoms with Crippen molar-refractivity contribution in [2.24, 2.45) is 5.73 Å². The number of nitrogens with zero attached hydrogens (tertiary/aromatic N) is 2. The number of benzene rings is 3. The zero-order valence-electron chi connectivity index (χ0n) is 33.9. The number of aromatic carboxylic acids is 1. The Morgan fingerprint density at radius 3 is 1.70 bits per heavy atom. The average molecular weight is 785 g/mol. The molecule has 0 spiro atoms. The van der Waals surface area contributed by atoms with Gasteiger partial charge in [0.05, 0.1) is 11.1 Å². The summed E-state index contributed by atoms with van der Waals surface area (Å²) in [6.07, 6.45) is 3.63. The third-order valence-corrected chi connectivity index (χ3v) is 9.85. The fraction of sp³-hybridized carbons (Fsp3) is 0.422. The molecular weight excluding hydrogens is 725 g/mol. The maximum absolute atomic E-state index is 13.3. The Labute approximate surface area is 337 Å². The maximum Gasteiger partial charge on any atom is 0.338 e. The van der Waals surface area contributed by atoms with Gasteiger partial charge in [-0.15, -0.1) is 11.3 Å². The van der Waals surface area contributed by atoms with E-state index in [1.807, 2.05) is 79.6 Å². The van der Waals surface area contributed by atoms with Gasteiger partial charge in [-0.1, -0.05) is 64.1 Å². The molecule has 4 rings (SSSR count). The molecule has 11 heteroatoms. The van der Waals surface area contributed by atoms with Gasteiger partial charge in [-0.05, 0) is 104 Å². The van der Waals surface area contributed by atoms with Crippen LogP contribution >= 0.6 is 11.3 Å². The van der Waals surface area contributed by atoms with E-state index in [2.05, 4.69) is 19.2 Å². The molecule has 2 atom stereocenters. The summed E-state index contributed by atoms with van der Waals surface area (Å²) >= 11 is 1.64. The maximum atomic E-state index is 13.3. The summed E-state index contributed by atoms with van der Waals surface area (Å²) < 4.78 is 5.98. The Balaban J connectivity index is 0.000000372. The van der Waals surface area contributed by atoms with Gasteiger partial charge in [-0.25, -0.2) is 9.59 Å². The minimum Gasteiger partial charge on any atom is -0.478 e. The smallest absolute Gasteiger partial charge is 0.338 e. The Morgan fingerprint density at radius 1 is 0.714 bits per heavy atom. The topological polar surface area (TPSA) is 142 Å². The first-order chi connectivity index (χ1) is 26.9. The number of thiophene rings is 1. The Kier molecular flexibility index (Phi) is 19.5. The number of carbonyl (C=O) groups is 4. The number of nitrogens with one attached hydrogen (secondary N) is 1. The first kappa shape index (κ1) is 45.5. The zero-order chi connectivity index (χ0) is 41.0. The number of aryl methyl sites for hydroxylation is 2. The van der Waals surface area contributed by atoms with E-state index in [4.69, 9.17) is 15.6 Å². The number of carbonyl (C=O) groups excluding carboxylic acids is 3. The number of amides is 2. The second-order valence-electron chi connectivity index (χ2n) is 14.1. The van der Waals surface area contributed by atoms with Crippen LogP contribution < -0.4 is 11.1 Å². The predicted octanol–water partition coefficient (Wildman–Crippen LogP) is 8.16. The highest BCUT2D eigenvalue weighted by atomic mass is 32.1. The van der Waals surface area contributed by atoms with E-state index >= 15 is 0 Å². The summed E-state index contributed by atoms with van der Waals surface area (Å²) in [4.78, 5) is 54.7. The van der Waals surface area contributed by atoms with E-state index in [9.17, 15) is 19.2 Å². The molecule has 4 N–H and O–H groups in total. The van der Waals surface area contributed by atoms with Gasteiger partial charge in [-0.2, -0.15) is 0 Å². The lowest BCUT2D eigenvalue weighted by Gasteiger charge is -2.25. The van der Waals surface area contributed by atoms with Crippen molar-refractivity contribution in [1.82, 2.24) is 15.1 Å². The summed E-state index contributed by atoms with van der Waals surface area (Å²) in [5.74, 6) is -1.62. The molecular formula is C45H60N4O6S. The molecule has 302 valence electrons. The summed E-state index contributed by atoms with van der Waals surface area (Å²) in [7, 11) is 0. The summed E-state index contributed by atoms with van der Waals surface area (Å²) in [5, 5.41) is 14.4. The zero-order valence-corrected chi connectivity index (χ0v) is 34.7. The van der Waals surface area contributed by atoms with E-state index in [0.29, 0.717) is 62.4 Å². The Morgan fingerprint density at radius 2 is 1.21 bits per heavy atom. The third kappa shape index (κ3) is 14.7. The quantitative estimate of drug-likeness (QED) is 0.0763. The molecule has 56 heavy (non-hydrogen) atoms. The fourth-order valence-corrected chi connectivity index (χ4v) is 7.14. The first-order valence-electron chi connectivity index (χ1n) is 19.7.